The maximum absolute atomic E-state index is 12.1. The Bertz CT molecular complexity index is 936. The van der Waals surface area contributed by atoms with Gasteiger partial charge in [0.25, 0.3) is 0 Å². The number of carbonyl (C=O) groups is 2. The SMILES string of the molecule is CC(C)C(=O)Nc1ccc(NC(=O)CCc2nc(-c3ccncc3)no2)cc1. The molecular formula is C20H21N5O3. The van der Waals surface area contributed by atoms with Crippen LogP contribution in [-0.2, 0) is 16.0 Å². The highest BCUT2D eigenvalue weighted by Crippen LogP contribution is 2.16. The topological polar surface area (TPSA) is 110 Å². The lowest BCUT2D eigenvalue weighted by molar-refractivity contribution is -0.119. The van der Waals surface area contributed by atoms with E-state index >= 15 is 0 Å². The normalized spacial score (nSPS) is 10.7. The van der Waals surface area contributed by atoms with E-state index in [0.717, 1.165) is 5.56 Å². The quantitative estimate of drug-likeness (QED) is 0.652. The van der Waals surface area contributed by atoms with Gasteiger partial charge in [0.05, 0.1) is 0 Å². The zero-order valence-electron chi connectivity index (χ0n) is 15.7. The van der Waals surface area contributed by atoms with Crippen LogP contribution in [0.5, 0.6) is 0 Å². The highest BCUT2D eigenvalue weighted by atomic mass is 16.5. The van der Waals surface area contributed by atoms with Crippen molar-refractivity contribution in [2.24, 2.45) is 5.92 Å². The standard InChI is InChI=1S/C20H21N5O3/c1-13(2)20(27)23-16-5-3-15(4-6-16)22-17(26)7-8-18-24-19(25-28-18)14-9-11-21-12-10-14/h3-6,9-13H,7-8H2,1-2H3,(H,22,26)(H,23,27). The molecule has 0 aliphatic rings. The molecule has 8 heteroatoms. The van der Waals surface area contributed by atoms with Crippen LogP contribution in [0.1, 0.15) is 26.2 Å². The van der Waals surface area contributed by atoms with Gasteiger partial charge in [0.2, 0.25) is 23.5 Å². The van der Waals surface area contributed by atoms with Crippen molar-refractivity contribution in [3.63, 3.8) is 0 Å². The largest absolute Gasteiger partial charge is 0.339 e. The minimum Gasteiger partial charge on any atom is -0.339 e. The van der Waals surface area contributed by atoms with Crippen molar-refractivity contribution in [1.82, 2.24) is 15.1 Å². The van der Waals surface area contributed by atoms with Gasteiger partial charge in [0, 0.05) is 48.1 Å². The number of carbonyl (C=O) groups excluding carboxylic acids is 2. The molecule has 2 aromatic heterocycles. The van der Waals surface area contributed by atoms with Gasteiger partial charge in [0.1, 0.15) is 0 Å². The Kier molecular flexibility index (Phi) is 6.11. The molecule has 8 nitrogen and oxygen atoms in total. The van der Waals surface area contributed by atoms with E-state index in [1.807, 2.05) is 13.8 Å². The first-order valence-corrected chi connectivity index (χ1v) is 8.95. The highest BCUT2D eigenvalue weighted by molar-refractivity contribution is 5.93. The van der Waals surface area contributed by atoms with Crippen molar-refractivity contribution in [3.05, 3.63) is 54.7 Å². The van der Waals surface area contributed by atoms with E-state index in [2.05, 4.69) is 25.8 Å². The monoisotopic (exact) mass is 379 g/mol. The molecule has 1 aromatic carbocycles. The number of amides is 2. The second-order valence-electron chi connectivity index (χ2n) is 6.52. The lowest BCUT2D eigenvalue weighted by Crippen LogP contribution is -2.17. The van der Waals surface area contributed by atoms with Gasteiger partial charge in [-0.2, -0.15) is 4.98 Å². The summed E-state index contributed by atoms with van der Waals surface area (Å²) in [4.78, 5) is 32.1. The van der Waals surface area contributed by atoms with E-state index in [1.165, 1.54) is 0 Å². The molecule has 144 valence electrons. The number of hydrogen-bond donors (Lipinski definition) is 2. The minimum atomic E-state index is -0.164. The Hall–Kier alpha value is -3.55. The molecule has 0 radical (unpaired) electrons. The number of rotatable bonds is 7. The van der Waals surface area contributed by atoms with Crippen molar-refractivity contribution in [1.29, 1.82) is 0 Å². The Balaban J connectivity index is 1.49. The molecule has 2 amide bonds. The third-order valence-electron chi connectivity index (χ3n) is 3.93. The van der Waals surface area contributed by atoms with E-state index in [4.69, 9.17) is 4.52 Å². The number of hydrogen-bond acceptors (Lipinski definition) is 6. The van der Waals surface area contributed by atoms with Crippen LogP contribution in [0.25, 0.3) is 11.4 Å². The van der Waals surface area contributed by atoms with Crippen LogP contribution in [0.15, 0.2) is 53.3 Å². The highest BCUT2D eigenvalue weighted by Gasteiger charge is 2.11. The minimum absolute atomic E-state index is 0.0533. The molecule has 3 aromatic rings. The van der Waals surface area contributed by atoms with Crippen LogP contribution in [0.4, 0.5) is 11.4 Å². The summed E-state index contributed by atoms with van der Waals surface area (Å²) in [7, 11) is 0. The first kappa shape index (κ1) is 19.2. The smallest absolute Gasteiger partial charge is 0.227 e. The van der Waals surface area contributed by atoms with Gasteiger partial charge in [-0.15, -0.1) is 0 Å². The number of benzene rings is 1. The van der Waals surface area contributed by atoms with E-state index in [9.17, 15) is 9.59 Å². The lowest BCUT2D eigenvalue weighted by Gasteiger charge is -2.09. The van der Waals surface area contributed by atoms with E-state index in [1.54, 1.807) is 48.8 Å². The van der Waals surface area contributed by atoms with Crippen LogP contribution in [-0.4, -0.2) is 26.9 Å². The van der Waals surface area contributed by atoms with Crippen molar-refractivity contribution >= 4 is 23.2 Å². The first-order valence-electron chi connectivity index (χ1n) is 8.95. The van der Waals surface area contributed by atoms with Crippen LogP contribution in [0.3, 0.4) is 0 Å². The van der Waals surface area contributed by atoms with Crippen LogP contribution >= 0.6 is 0 Å². The van der Waals surface area contributed by atoms with Gasteiger partial charge >= 0.3 is 0 Å². The molecule has 28 heavy (non-hydrogen) atoms. The number of pyridine rings is 1. The summed E-state index contributed by atoms with van der Waals surface area (Å²) in [5.74, 6) is 0.554. The third kappa shape index (κ3) is 5.23. The second kappa shape index (κ2) is 8.90. The zero-order valence-corrected chi connectivity index (χ0v) is 15.7. The van der Waals surface area contributed by atoms with E-state index in [0.29, 0.717) is 29.5 Å². The van der Waals surface area contributed by atoms with E-state index in [-0.39, 0.29) is 24.2 Å². The fourth-order valence-electron chi connectivity index (χ4n) is 2.34. The van der Waals surface area contributed by atoms with Crippen LogP contribution in [0.2, 0.25) is 0 Å². The van der Waals surface area contributed by atoms with Crippen molar-refractivity contribution in [2.45, 2.75) is 26.7 Å². The summed E-state index contributed by atoms with van der Waals surface area (Å²) >= 11 is 0. The van der Waals surface area contributed by atoms with Crippen molar-refractivity contribution in [3.8, 4) is 11.4 Å². The van der Waals surface area contributed by atoms with Gasteiger partial charge < -0.3 is 15.2 Å². The second-order valence-corrected chi connectivity index (χ2v) is 6.52. The molecular weight excluding hydrogens is 358 g/mol. The molecule has 3 rings (SSSR count). The molecule has 0 saturated heterocycles. The molecule has 2 N–H and O–H groups in total. The summed E-state index contributed by atoms with van der Waals surface area (Å²) in [6.07, 6.45) is 3.85. The van der Waals surface area contributed by atoms with Crippen LogP contribution < -0.4 is 10.6 Å². The van der Waals surface area contributed by atoms with Gasteiger partial charge in [-0.1, -0.05) is 19.0 Å². The lowest BCUT2D eigenvalue weighted by atomic mass is 10.2. The van der Waals surface area contributed by atoms with Crippen LogP contribution in [0, 0.1) is 5.92 Å². The maximum atomic E-state index is 12.1. The van der Waals surface area contributed by atoms with Gasteiger partial charge in [-0.3, -0.25) is 14.6 Å². The number of anilines is 2. The van der Waals surface area contributed by atoms with Crippen molar-refractivity contribution in [2.75, 3.05) is 10.6 Å². The predicted octanol–water partition coefficient (Wildman–Crippen LogP) is 3.30. The Morgan fingerprint density at radius 3 is 2.29 bits per heavy atom. The summed E-state index contributed by atoms with van der Waals surface area (Å²) in [5, 5.41) is 9.52. The predicted molar refractivity (Wildman–Crippen MR) is 104 cm³/mol. The molecule has 0 fully saturated rings. The summed E-state index contributed by atoms with van der Waals surface area (Å²) in [5.41, 5.74) is 2.14. The molecule has 0 bridgehead atoms. The maximum Gasteiger partial charge on any atom is 0.227 e. The summed E-state index contributed by atoms with van der Waals surface area (Å²) in [6.45, 7) is 3.65. The zero-order chi connectivity index (χ0) is 19.9. The molecule has 0 atom stereocenters. The number of nitrogens with one attached hydrogen (secondary N) is 2. The summed E-state index contributed by atoms with van der Waals surface area (Å²) < 4.78 is 5.19. The molecule has 0 spiro atoms. The Morgan fingerprint density at radius 1 is 1.00 bits per heavy atom. The third-order valence-corrected chi connectivity index (χ3v) is 3.93. The molecule has 0 aliphatic carbocycles. The van der Waals surface area contributed by atoms with Crippen molar-refractivity contribution < 1.29 is 14.1 Å². The first-order chi connectivity index (χ1) is 13.5. The molecule has 2 heterocycles. The van der Waals surface area contributed by atoms with Gasteiger partial charge in [-0.25, -0.2) is 0 Å². The Labute approximate surface area is 162 Å². The van der Waals surface area contributed by atoms with Gasteiger partial charge in [-0.05, 0) is 36.4 Å². The average Bonchev–Trinajstić information content (AvgIpc) is 3.17. The molecule has 0 saturated carbocycles. The number of nitrogens with zero attached hydrogens (tertiary/aromatic N) is 3. The molecule has 0 aliphatic heterocycles. The number of aromatic nitrogens is 3. The fraction of sp³-hybridized carbons (Fsp3) is 0.250. The Morgan fingerprint density at radius 2 is 1.64 bits per heavy atom. The summed E-state index contributed by atoms with van der Waals surface area (Å²) in [6, 6.07) is 10.5. The molecule has 0 unspecified atom stereocenters. The fourth-order valence-corrected chi connectivity index (χ4v) is 2.34. The van der Waals surface area contributed by atoms with Gasteiger partial charge in [0.15, 0.2) is 0 Å². The number of aryl methyl sites for hydroxylation is 1. The van der Waals surface area contributed by atoms with E-state index < -0.39 is 0 Å². The average molecular weight is 379 g/mol.